The number of nitrogens with zero attached hydrogens (tertiary/aromatic N) is 2. The Bertz CT molecular complexity index is 762. The molecule has 0 unspecified atom stereocenters. The molecule has 0 atom stereocenters. The first-order valence-electron chi connectivity index (χ1n) is 6.46. The van der Waals surface area contributed by atoms with Crippen molar-refractivity contribution >= 4 is 9.84 Å². The Labute approximate surface area is 126 Å². The number of aromatic nitrogens is 2. The van der Waals surface area contributed by atoms with E-state index in [2.05, 4.69) is 5.10 Å². The number of alkyl halides is 3. The van der Waals surface area contributed by atoms with E-state index in [1.54, 1.807) is 13.0 Å². The summed E-state index contributed by atoms with van der Waals surface area (Å²) in [4.78, 5) is 0. The lowest BCUT2D eigenvalue weighted by Crippen LogP contribution is -2.13. The van der Waals surface area contributed by atoms with E-state index in [1.165, 1.54) is 16.8 Å². The van der Waals surface area contributed by atoms with Crippen LogP contribution in [0.5, 0.6) is 0 Å². The minimum absolute atomic E-state index is 0.0816. The standard InChI is InChI=1S/C14H15F3N2O2S/c1-10-9-13(19(18-10)7-8-22(2,20)21)11-3-5-12(6-4-11)14(15,16)17/h3-6,9H,7-8H2,1-2H3. The molecule has 0 fully saturated rings. The molecule has 2 rings (SSSR count). The molecule has 0 saturated carbocycles. The maximum absolute atomic E-state index is 12.6. The van der Waals surface area contributed by atoms with E-state index in [0.29, 0.717) is 17.0 Å². The van der Waals surface area contributed by atoms with Crippen molar-refractivity contribution in [1.29, 1.82) is 0 Å². The summed E-state index contributed by atoms with van der Waals surface area (Å²) < 4.78 is 61.7. The topological polar surface area (TPSA) is 52.0 Å². The molecule has 0 amide bonds. The first kappa shape index (κ1) is 16.5. The largest absolute Gasteiger partial charge is 0.416 e. The summed E-state index contributed by atoms with van der Waals surface area (Å²) in [5.74, 6) is -0.0816. The second kappa shape index (κ2) is 5.75. The highest BCUT2D eigenvalue weighted by atomic mass is 32.2. The molecule has 0 bridgehead atoms. The van der Waals surface area contributed by atoms with Gasteiger partial charge < -0.3 is 0 Å². The first-order valence-corrected chi connectivity index (χ1v) is 8.52. The molecule has 1 aromatic carbocycles. The molecule has 0 aliphatic rings. The van der Waals surface area contributed by atoms with Gasteiger partial charge in [0.25, 0.3) is 0 Å². The minimum atomic E-state index is -4.38. The van der Waals surface area contributed by atoms with Crippen LogP contribution in [0.15, 0.2) is 30.3 Å². The van der Waals surface area contributed by atoms with Crippen molar-refractivity contribution in [2.24, 2.45) is 0 Å². The molecule has 1 aromatic heterocycles. The van der Waals surface area contributed by atoms with Crippen LogP contribution in [0.1, 0.15) is 11.3 Å². The summed E-state index contributed by atoms with van der Waals surface area (Å²) in [7, 11) is -3.15. The normalized spacial score (nSPS) is 12.6. The fourth-order valence-corrected chi connectivity index (χ4v) is 2.54. The predicted molar refractivity (Wildman–Crippen MR) is 77.1 cm³/mol. The lowest BCUT2D eigenvalue weighted by Gasteiger charge is -2.09. The second-order valence-corrected chi connectivity index (χ2v) is 7.36. The van der Waals surface area contributed by atoms with Gasteiger partial charge in [0.2, 0.25) is 0 Å². The average Bonchev–Trinajstić information content (AvgIpc) is 2.76. The van der Waals surface area contributed by atoms with E-state index in [1.807, 2.05) is 0 Å². The van der Waals surface area contributed by atoms with Crippen LogP contribution in [0.4, 0.5) is 13.2 Å². The summed E-state index contributed by atoms with van der Waals surface area (Å²) in [6.45, 7) is 1.90. The van der Waals surface area contributed by atoms with Gasteiger partial charge in [0.15, 0.2) is 0 Å². The molecule has 22 heavy (non-hydrogen) atoms. The van der Waals surface area contributed by atoms with Gasteiger partial charge in [-0.1, -0.05) is 12.1 Å². The third kappa shape index (κ3) is 4.09. The number of hydrogen-bond donors (Lipinski definition) is 0. The highest BCUT2D eigenvalue weighted by Crippen LogP contribution is 2.31. The molecule has 1 heterocycles. The zero-order valence-corrected chi connectivity index (χ0v) is 12.9. The van der Waals surface area contributed by atoms with Gasteiger partial charge >= 0.3 is 6.18 Å². The average molecular weight is 332 g/mol. The number of benzene rings is 1. The summed E-state index contributed by atoms with van der Waals surface area (Å²) >= 11 is 0. The second-order valence-electron chi connectivity index (χ2n) is 5.10. The SMILES string of the molecule is Cc1cc(-c2ccc(C(F)(F)F)cc2)n(CCS(C)(=O)=O)n1. The van der Waals surface area contributed by atoms with Crippen molar-refractivity contribution in [3.63, 3.8) is 0 Å². The Morgan fingerprint density at radius 3 is 2.27 bits per heavy atom. The lowest BCUT2D eigenvalue weighted by atomic mass is 10.1. The molecule has 2 aromatic rings. The van der Waals surface area contributed by atoms with Gasteiger partial charge in [-0.3, -0.25) is 4.68 Å². The van der Waals surface area contributed by atoms with E-state index < -0.39 is 21.6 Å². The predicted octanol–water partition coefficient (Wildman–Crippen LogP) is 2.92. The number of halogens is 3. The van der Waals surface area contributed by atoms with Crippen LogP contribution in [0.25, 0.3) is 11.3 Å². The zero-order chi connectivity index (χ0) is 16.5. The molecular formula is C14H15F3N2O2S. The van der Waals surface area contributed by atoms with E-state index in [4.69, 9.17) is 0 Å². The van der Waals surface area contributed by atoms with Gasteiger partial charge in [-0.25, -0.2) is 8.42 Å². The molecule has 0 aliphatic heterocycles. The van der Waals surface area contributed by atoms with Gasteiger partial charge in [-0.15, -0.1) is 0 Å². The van der Waals surface area contributed by atoms with Gasteiger partial charge in [0.1, 0.15) is 9.84 Å². The molecule has 0 N–H and O–H groups in total. The van der Waals surface area contributed by atoms with Crippen LogP contribution in [0, 0.1) is 6.92 Å². The number of sulfone groups is 1. The Morgan fingerprint density at radius 2 is 1.77 bits per heavy atom. The maximum atomic E-state index is 12.6. The van der Waals surface area contributed by atoms with Crippen molar-refractivity contribution < 1.29 is 21.6 Å². The van der Waals surface area contributed by atoms with Crippen molar-refractivity contribution in [1.82, 2.24) is 9.78 Å². The summed E-state index contributed by atoms with van der Waals surface area (Å²) in [5.41, 5.74) is 1.09. The smallest absolute Gasteiger partial charge is 0.264 e. The molecular weight excluding hydrogens is 317 g/mol. The third-order valence-corrected chi connectivity index (χ3v) is 4.01. The molecule has 8 heteroatoms. The number of rotatable bonds is 4. The number of aryl methyl sites for hydroxylation is 2. The van der Waals surface area contributed by atoms with E-state index >= 15 is 0 Å². The van der Waals surface area contributed by atoms with Crippen molar-refractivity contribution in [2.75, 3.05) is 12.0 Å². The van der Waals surface area contributed by atoms with Crippen molar-refractivity contribution in [3.8, 4) is 11.3 Å². The van der Waals surface area contributed by atoms with Crippen LogP contribution < -0.4 is 0 Å². The maximum Gasteiger partial charge on any atom is 0.416 e. The summed E-state index contributed by atoms with van der Waals surface area (Å²) in [6, 6.07) is 6.43. The quantitative estimate of drug-likeness (QED) is 0.865. The summed E-state index contributed by atoms with van der Waals surface area (Å²) in [5, 5.41) is 4.19. The fourth-order valence-electron chi connectivity index (χ4n) is 2.03. The van der Waals surface area contributed by atoms with Gasteiger partial charge in [0.05, 0.1) is 29.2 Å². The van der Waals surface area contributed by atoms with Crippen molar-refractivity contribution in [3.05, 3.63) is 41.6 Å². The van der Waals surface area contributed by atoms with E-state index in [-0.39, 0.29) is 12.3 Å². The Balaban J connectivity index is 2.32. The molecule has 0 aliphatic carbocycles. The monoisotopic (exact) mass is 332 g/mol. The molecule has 120 valence electrons. The third-order valence-electron chi connectivity index (χ3n) is 3.08. The van der Waals surface area contributed by atoms with Gasteiger partial charge in [-0.05, 0) is 30.7 Å². The Hall–Kier alpha value is -1.83. The Kier molecular flexibility index (Phi) is 4.32. The molecule has 0 spiro atoms. The number of hydrogen-bond acceptors (Lipinski definition) is 3. The highest BCUT2D eigenvalue weighted by molar-refractivity contribution is 7.90. The lowest BCUT2D eigenvalue weighted by molar-refractivity contribution is -0.137. The van der Waals surface area contributed by atoms with Crippen LogP contribution in [-0.2, 0) is 22.6 Å². The Morgan fingerprint density at radius 1 is 1.18 bits per heavy atom. The van der Waals surface area contributed by atoms with Crippen LogP contribution in [-0.4, -0.2) is 30.2 Å². The zero-order valence-electron chi connectivity index (χ0n) is 12.1. The van der Waals surface area contributed by atoms with Crippen LogP contribution in [0.3, 0.4) is 0 Å². The highest BCUT2D eigenvalue weighted by Gasteiger charge is 2.30. The van der Waals surface area contributed by atoms with Gasteiger partial charge in [0, 0.05) is 6.26 Å². The minimum Gasteiger partial charge on any atom is -0.264 e. The molecule has 0 saturated heterocycles. The van der Waals surface area contributed by atoms with E-state index in [0.717, 1.165) is 18.4 Å². The first-order chi connectivity index (χ1) is 10.1. The van der Waals surface area contributed by atoms with Crippen LogP contribution in [0.2, 0.25) is 0 Å². The van der Waals surface area contributed by atoms with Crippen LogP contribution >= 0.6 is 0 Å². The molecule has 0 radical (unpaired) electrons. The molecule has 4 nitrogen and oxygen atoms in total. The summed E-state index contributed by atoms with van der Waals surface area (Å²) in [6.07, 6.45) is -3.26. The van der Waals surface area contributed by atoms with Crippen molar-refractivity contribution in [2.45, 2.75) is 19.6 Å². The van der Waals surface area contributed by atoms with E-state index in [9.17, 15) is 21.6 Å². The van der Waals surface area contributed by atoms with Gasteiger partial charge in [-0.2, -0.15) is 18.3 Å². The fraction of sp³-hybridized carbons (Fsp3) is 0.357.